The Hall–Kier alpha value is -2.02. The molecule has 4 heterocycles. The van der Waals surface area contributed by atoms with Crippen molar-refractivity contribution in [2.45, 2.75) is 51.5 Å². The van der Waals surface area contributed by atoms with Gasteiger partial charge < -0.3 is 15.4 Å². The van der Waals surface area contributed by atoms with Crippen LogP contribution in [0, 0.1) is 11.8 Å². The molecule has 0 aliphatic carbocycles. The van der Waals surface area contributed by atoms with Crippen LogP contribution in [0.25, 0.3) is 11.3 Å². The Morgan fingerprint density at radius 1 is 1.25 bits per heavy atom. The van der Waals surface area contributed by atoms with Gasteiger partial charge in [0.2, 0.25) is 0 Å². The molecule has 4 rings (SSSR count). The van der Waals surface area contributed by atoms with Crippen molar-refractivity contribution in [1.29, 1.82) is 0 Å². The SMILES string of the molecule is CC[C@H]1CC[C@H](C(=O)Cc2cc(-c3cccc(NCC4CCOCC4)n3)c(Cl)cn2)CN1. The maximum atomic E-state index is 12.8. The van der Waals surface area contributed by atoms with Crippen LogP contribution in [0.2, 0.25) is 5.02 Å². The van der Waals surface area contributed by atoms with E-state index in [1.54, 1.807) is 6.20 Å². The second-order valence-corrected chi connectivity index (χ2v) is 9.34. The first-order chi connectivity index (χ1) is 15.6. The molecule has 2 N–H and O–H groups in total. The van der Waals surface area contributed by atoms with E-state index in [1.165, 1.54) is 0 Å². The molecule has 32 heavy (non-hydrogen) atoms. The van der Waals surface area contributed by atoms with Gasteiger partial charge in [-0.2, -0.15) is 0 Å². The molecular formula is C25H33ClN4O2. The zero-order valence-electron chi connectivity index (χ0n) is 18.8. The average molecular weight is 457 g/mol. The van der Waals surface area contributed by atoms with Crippen LogP contribution in [-0.4, -0.2) is 48.1 Å². The number of halogens is 1. The van der Waals surface area contributed by atoms with E-state index >= 15 is 0 Å². The second kappa shape index (κ2) is 11.2. The van der Waals surface area contributed by atoms with Gasteiger partial charge in [-0.25, -0.2) is 4.98 Å². The first-order valence-corrected chi connectivity index (χ1v) is 12.2. The van der Waals surface area contributed by atoms with E-state index in [1.807, 2.05) is 24.3 Å². The molecule has 2 aromatic rings. The summed E-state index contributed by atoms with van der Waals surface area (Å²) in [6, 6.07) is 8.35. The van der Waals surface area contributed by atoms with Crippen molar-refractivity contribution < 1.29 is 9.53 Å². The molecule has 0 unspecified atom stereocenters. The van der Waals surface area contributed by atoms with Crippen molar-refractivity contribution >= 4 is 23.2 Å². The molecule has 0 bridgehead atoms. The summed E-state index contributed by atoms with van der Waals surface area (Å²) in [5, 5.41) is 7.49. The number of Topliss-reactive ketones (excluding diaryl/α,β-unsaturated/α-hetero) is 1. The predicted octanol–water partition coefficient (Wildman–Crippen LogP) is 4.53. The number of nitrogens with zero attached hydrogens (tertiary/aromatic N) is 2. The van der Waals surface area contributed by atoms with Crippen molar-refractivity contribution in [2.75, 3.05) is 31.6 Å². The van der Waals surface area contributed by atoms with Gasteiger partial charge in [-0.05, 0) is 56.2 Å². The smallest absolute Gasteiger partial charge is 0.143 e. The number of rotatable bonds is 8. The fraction of sp³-hybridized carbons (Fsp3) is 0.560. The Bertz CT molecular complexity index is 909. The normalized spacial score (nSPS) is 21.9. The maximum Gasteiger partial charge on any atom is 0.143 e. The topological polar surface area (TPSA) is 76.1 Å². The Balaban J connectivity index is 1.41. The maximum absolute atomic E-state index is 12.8. The van der Waals surface area contributed by atoms with E-state index < -0.39 is 0 Å². The first kappa shape index (κ1) is 23.1. The van der Waals surface area contributed by atoms with Crippen molar-refractivity contribution in [2.24, 2.45) is 11.8 Å². The monoisotopic (exact) mass is 456 g/mol. The Labute approximate surface area is 195 Å². The molecule has 7 heteroatoms. The van der Waals surface area contributed by atoms with Gasteiger partial charge in [0, 0.05) is 62.1 Å². The summed E-state index contributed by atoms with van der Waals surface area (Å²) in [4.78, 5) is 22.0. The van der Waals surface area contributed by atoms with Crippen LogP contribution >= 0.6 is 11.6 Å². The van der Waals surface area contributed by atoms with E-state index in [0.717, 1.165) is 81.2 Å². The third-order valence-electron chi connectivity index (χ3n) is 6.67. The summed E-state index contributed by atoms with van der Waals surface area (Å²) in [7, 11) is 0. The van der Waals surface area contributed by atoms with Gasteiger partial charge in [0.1, 0.15) is 11.6 Å². The van der Waals surface area contributed by atoms with Crippen LogP contribution in [0.5, 0.6) is 0 Å². The molecule has 2 aliphatic rings. The third kappa shape index (κ3) is 6.06. The first-order valence-electron chi connectivity index (χ1n) is 11.8. The third-order valence-corrected chi connectivity index (χ3v) is 6.97. The molecule has 2 aromatic heterocycles. The van der Waals surface area contributed by atoms with E-state index in [-0.39, 0.29) is 11.7 Å². The quantitative estimate of drug-likeness (QED) is 0.608. The number of aromatic nitrogens is 2. The van der Waals surface area contributed by atoms with E-state index in [0.29, 0.717) is 23.4 Å². The van der Waals surface area contributed by atoms with Crippen LogP contribution in [-0.2, 0) is 16.0 Å². The number of ketones is 1. The average Bonchev–Trinajstić information content (AvgIpc) is 2.85. The molecule has 0 amide bonds. The van der Waals surface area contributed by atoms with Crippen molar-refractivity contribution in [3.63, 3.8) is 0 Å². The molecule has 6 nitrogen and oxygen atoms in total. The number of hydrogen-bond acceptors (Lipinski definition) is 6. The molecular weight excluding hydrogens is 424 g/mol. The van der Waals surface area contributed by atoms with Gasteiger partial charge in [0.05, 0.1) is 10.7 Å². The molecule has 2 aliphatic heterocycles. The molecule has 2 atom stereocenters. The highest BCUT2D eigenvalue weighted by molar-refractivity contribution is 6.33. The molecule has 2 fully saturated rings. The lowest BCUT2D eigenvalue weighted by molar-refractivity contribution is -0.122. The summed E-state index contributed by atoms with van der Waals surface area (Å²) in [5.74, 6) is 1.75. The van der Waals surface area contributed by atoms with Gasteiger partial charge in [0.15, 0.2) is 0 Å². The van der Waals surface area contributed by atoms with Gasteiger partial charge in [0.25, 0.3) is 0 Å². The number of anilines is 1. The minimum absolute atomic E-state index is 0.0644. The van der Waals surface area contributed by atoms with Crippen molar-refractivity contribution in [3.05, 3.63) is 41.2 Å². The van der Waals surface area contributed by atoms with E-state index in [4.69, 9.17) is 21.3 Å². The highest BCUT2D eigenvalue weighted by atomic mass is 35.5. The van der Waals surface area contributed by atoms with Crippen LogP contribution in [0.1, 0.15) is 44.7 Å². The molecule has 0 aromatic carbocycles. The molecule has 0 saturated carbocycles. The number of ether oxygens (including phenoxy) is 1. The Morgan fingerprint density at radius 2 is 2.09 bits per heavy atom. The van der Waals surface area contributed by atoms with Gasteiger partial charge in [-0.3, -0.25) is 9.78 Å². The number of piperidine rings is 1. The standard InChI is InChI=1S/C25H33ClN4O2/c1-2-19-7-6-18(15-27-19)24(31)13-20-12-21(22(26)16-28-20)23-4-3-5-25(30-23)29-14-17-8-10-32-11-9-17/h3-5,12,16-19,27H,2,6-11,13-15H2,1H3,(H,29,30)/t18-,19-/m0/s1. The summed E-state index contributed by atoms with van der Waals surface area (Å²) in [6.45, 7) is 5.51. The number of nitrogens with one attached hydrogen (secondary N) is 2. The Kier molecular flexibility index (Phi) is 8.11. The summed E-state index contributed by atoms with van der Waals surface area (Å²) < 4.78 is 5.44. The largest absolute Gasteiger partial charge is 0.381 e. The summed E-state index contributed by atoms with van der Waals surface area (Å²) in [6.07, 6.45) is 7.24. The number of pyridine rings is 2. The van der Waals surface area contributed by atoms with Crippen LogP contribution in [0.3, 0.4) is 0 Å². The number of carbonyl (C=O) groups is 1. The molecule has 2 saturated heterocycles. The summed E-state index contributed by atoms with van der Waals surface area (Å²) >= 11 is 6.47. The zero-order valence-corrected chi connectivity index (χ0v) is 19.5. The van der Waals surface area contributed by atoms with Crippen molar-refractivity contribution in [3.8, 4) is 11.3 Å². The molecule has 0 spiro atoms. The van der Waals surface area contributed by atoms with Gasteiger partial charge >= 0.3 is 0 Å². The highest BCUT2D eigenvalue weighted by Crippen LogP contribution is 2.28. The van der Waals surface area contributed by atoms with E-state index in [2.05, 4.69) is 22.5 Å². The van der Waals surface area contributed by atoms with Crippen LogP contribution < -0.4 is 10.6 Å². The van der Waals surface area contributed by atoms with Crippen LogP contribution in [0.15, 0.2) is 30.5 Å². The molecule has 0 radical (unpaired) electrons. The minimum atomic E-state index is 0.0644. The molecule has 172 valence electrons. The van der Waals surface area contributed by atoms with Crippen LogP contribution in [0.4, 0.5) is 5.82 Å². The highest BCUT2D eigenvalue weighted by Gasteiger charge is 2.25. The number of hydrogen-bond donors (Lipinski definition) is 2. The predicted molar refractivity (Wildman–Crippen MR) is 128 cm³/mol. The Morgan fingerprint density at radius 3 is 2.84 bits per heavy atom. The fourth-order valence-electron chi connectivity index (χ4n) is 4.52. The lowest BCUT2D eigenvalue weighted by atomic mass is 9.88. The minimum Gasteiger partial charge on any atom is -0.381 e. The van der Waals surface area contributed by atoms with E-state index in [9.17, 15) is 4.79 Å². The van der Waals surface area contributed by atoms with Crippen molar-refractivity contribution in [1.82, 2.24) is 15.3 Å². The lowest BCUT2D eigenvalue weighted by Crippen LogP contribution is -2.41. The summed E-state index contributed by atoms with van der Waals surface area (Å²) in [5.41, 5.74) is 2.34. The second-order valence-electron chi connectivity index (χ2n) is 8.93. The van der Waals surface area contributed by atoms with Gasteiger partial charge in [-0.15, -0.1) is 0 Å². The van der Waals surface area contributed by atoms with Gasteiger partial charge in [-0.1, -0.05) is 24.6 Å². The number of carbonyl (C=O) groups excluding carboxylic acids is 1. The lowest BCUT2D eigenvalue weighted by Gasteiger charge is -2.28. The fourth-order valence-corrected chi connectivity index (χ4v) is 4.72. The zero-order chi connectivity index (χ0) is 22.3.